The van der Waals surface area contributed by atoms with Crippen LogP contribution in [0.3, 0.4) is 0 Å². The molecule has 0 spiro atoms. The number of anilines is 1. The lowest BCUT2D eigenvalue weighted by Gasteiger charge is -2.26. The number of benzene rings is 2. The lowest BCUT2D eigenvalue weighted by Crippen LogP contribution is -2.34. The van der Waals surface area contributed by atoms with Gasteiger partial charge in [-0.05, 0) is 36.1 Å². The Kier molecular flexibility index (Phi) is 7.15. The highest BCUT2D eigenvalue weighted by atomic mass is 32.2. The van der Waals surface area contributed by atoms with Crippen molar-refractivity contribution in [3.8, 4) is 0 Å². The summed E-state index contributed by atoms with van der Waals surface area (Å²) < 4.78 is 0. The highest BCUT2D eigenvalue weighted by molar-refractivity contribution is 7.99. The van der Waals surface area contributed by atoms with Crippen LogP contribution in [0, 0.1) is 0 Å². The number of nitrogens with zero attached hydrogens (tertiary/aromatic N) is 1. The second-order valence-corrected chi connectivity index (χ2v) is 7.99. The number of amides is 1. The van der Waals surface area contributed by atoms with Crippen LogP contribution in [0.4, 0.5) is 5.69 Å². The van der Waals surface area contributed by atoms with Crippen molar-refractivity contribution in [1.82, 2.24) is 4.90 Å². The maximum Gasteiger partial charge on any atom is 0.231 e. The molecule has 0 bridgehead atoms. The molecule has 1 aliphatic heterocycles. The van der Waals surface area contributed by atoms with Crippen LogP contribution in [0.5, 0.6) is 0 Å². The van der Waals surface area contributed by atoms with Crippen molar-refractivity contribution < 1.29 is 4.79 Å². The van der Waals surface area contributed by atoms with E-state index < -0.39 is 0 Å². The van der Waals surface area contributed by atoms with Crippen molar-refractivity contribution in [3.05, 3.63) is 65.7 Å². The summed E-state index contributed by atoms with van der Waals surface area (Å²) in [6.07, 6.45) is 1.86. The third-order valence-corrected chi connectivity index (χ3v) is 5.91. The average molecular weight is 369 g/mol. The van der Waals surface area contributed by atoms with Crippen molar-refractivity contribution >= 4 is 23.4 Å². The van der Waals surface area contributed by atoms with E-state index in [0.717, 1.165) is 30.6 Å². The molecule has 1 atom stereocenters. The monoisotopic (exact) mass is 368 g/mol. The minimum absolute atomic E-state index is 0.0669. The summed E-state index contributed by atoms with van der Waals surface area (Å²) in [6.45, 7) is 5.59. The summed E-state index contributed by atoms with van der Waals surface area (Å²) in [4.78, 5) is 15.2. The summed E-state index contributed by atoms with van der Waals surface area (Å²) in [5.74, 6) is 2.47. The standard InChI is InChI=1S/C22H28N2OS/c1-2-21(19-6-4-3-5-7-19)22(25)23-20-10-8-18(9-11-20)12-13-24-14-16-26-17-15-24/h3-11,21H,2,12-17H2,1H3,(H,23,25). The Labute approximate surface area is 161 Å². The fraction of sp³-hybridized carbons (Fsp3) is 0.409. The number of carbonyl (C=O) groups excluding carboxylic acids is 1. The molecule has 0 aliphatic carbocycles. The molecule has 1 fully saturated rings. The first kappa shape index (κ1) is 19.0. The summed E-state index contributed by atoms with van der Waals surface area (Å²) in [5, 5.41) is 3.07. The Morgan fingerprint density at radius 2 is 1.77 bits per heavy atom. The largest absolute Gasteiger partial charge is 0.326 e. The molecule has 0 radical (unpaired) electrons. The molecule has 4 heteroatoms. The predicted octanol–water partition coefficient (Wildman–Crippen LogP) is 4.41. The Bertz CT molecular complexity index is 681. The van der Waals surface area contributed by atoms with E-state index in [1.807, 2.05) is 54.2 Å². The molecule has 0 saturated carbocycles. The Morgan fingerprint density at radius 3 is 2.42 bits per heavy atom. The number of hydrogen-bond donors (Lipinski definition) is 1. The van der Waals surface area contributed by atoms with E-state index in [1.165, 1.54) is 30.2 Å². The van der Waals surface area contributed by atoms with E-state index in [4.69, 9.17) is 0 Å². The van der Waals surface area contributed by atoms with Crippen LogP contribution in [0.15, 0.2) is 54.6 Å². The van der Waals surface area contributed by atoms with Crippen LogP contribution in [0.2, 0.25) is 0 Å². The summed E-state index contributed by atoms with van der Waals surface area (Å²) in [7, 11) is 0. The van der Waals surface area contributed by atoms with Crippen molar-refractivity contribution in [2.45, 2.75) is 25.7 Å². The SMILES string of the molecule is CCC(C(=O)Nc1ccc(CCN2CCSCC2)cc1)c1ccccc1. The van der Waals surface area contributed by atoms with Gasteiger partial charge in [0.25, 0.3) is 0 Å². The first-order valence-electron chi connectivity index (χ1n) is 9.51. The number of thioether (sulfide) groups is 1. The van der Waals surface area contributed by atoms with Gasteiger partial charge in [-0.15, -0.1) is 0 Å². The number of carbonyl (C=O) groups is 1. The quantitative estimate of drug-likeness (QED) is 0.786. The Hall–Kier alpha value is -1.78. The topological polar surface area (TPSA) is 32.3 Å². The summed E-state index contributed by atoms with van der Waals surface area (Å²) in [6, 6.07) is 18.3. The second-order valence-electron chi connectivity index (χ2n) is 6.76. The molecule has 138 valence electrons. The lowest BCUT2D eigenvalue weighted by molar-refractivity contribution is -0.117. The van der Waals surface area contributed by atoms with E-state index >= 15 is 0 Å². The van der Waals surface area contributed by atoms with Gasteiger partial charge in [-0.2, -0.15) is 11.8 Å². The first-order chi connectivity index (χ1) is 12.8. The van der Waals surface area contributed by atoms with Gasteiger partial charge in [0, 0.05) is 36.8 Å². The molecule has 26 heavy (non-hydrogen) atoms. The van der Waals surface area contributed by atoms with Crippen molar-refractivity contribution in [3.63, 3.8) is 0 Å². The van der Waals surface area contributed by atoms with Gasteiger partial charge in [0.1, 0.15) is 0 Å². The predicted molar refractivity (Wildman–Crippen MR) is 112 cm³/mol. The highest BCUT2D eigenvalue weighted by Gasteiger charge is 2.18. The van der Waals surface area contributed by atoms with Crippen molar-refractivity contribution in [2.24, 2.45) is 0 Å². The Balaban J connectivity index is 1.53. The van der Waals surface area contributed by atoms with Crippen LogP contribution in [0.25, 0.3) is 0 Å². The molecule has 2 aromatic carbocycles. The van der Waals surface area contributed by atoms with Crippen LogP contribution in [0.1, 0.15) is 30.4 Å². The van der Waals surface area contributed by atoms with Crippen LogP contribution in [-0.2, 0) is 11.2 Å². The third kappa shape index (κ3) is 5.36. The van der Waals surface area contributed by atoms with Gasteiger partial charge in [0.2, 0.25) is 5.91 Å². The van der Waals surface area contributed by atoms with Crippen molar-refractivity contribution in [2.75, 3.05) is 36.5 Å². The normalized spacial score (nSPS) is 16.2. The van der Waals surface area contributed by atoms with E-state index in [9.17, 15) is 4.79 Å². The van der Waals surface area contributed by atoms with Gasteiger partial charge in [0.05, 0.1) is 5.92 Å². The molecular formula is C22H28N2OS. The van der Waals surface area contributed by atoms with Gasteiger partial charge >= 0.3 is 0 Å². The molecular weight excluding hydrogens is 340 g/mol. The average Bonchev–Trinajstić information content (AvgIpc) is 2.70. The molecule has 3 rings (SSSR count). The van der Waals surface area contributed by atoms with Crippen molar-refractivity contribution in [1.29, 1.82) is 0 Å². The van der Waals surface area contributed by atoms with E-state index in [1.54, 1.807) is 0 Å². The molecule has 1 unspecified atom stereocenters. The number of nitrogens with one attached hydrogen (secondary N) is 1. The molecule has 1 saturated heterocycles. The summed E-state index contributed by atoms with van der Waals surface area (Å²) in [5.41, 5.74) is 3.28. The minimum atomic E-state index is -0.104. The molecule has 1 N–H and O–H groups in total. The van der Waals surface area contributed by atoms with Gasteiger partial charge in [-0.25, -0.2) is 0 Å². The van der Waals surface area contributed by atoms with Gasteiger partial charge in [-0.1, -0.05) is 49.4 Å². The zero-order valence-electron chi connectivity index (χ0n) is 15.5. The minimum Gasteiger partial charge on any atom is -0.326 e. The number of hydrogen-bond acceptors (Lipinski definition) is 3. The molecule has 1 heterocycles. The zero-order chi connectivity index (χ0) is 18.2. The number of rotatable bonds is 7. The van der Waals surface area contributed by atoms with Gasteiger partial charge < -0.3 is 10.2 Å². The lowest BCUT2D eigenvalue weighted by atomic mass is 9.95. The Morgan fingerprint density at radius 1 is 1.08 bits per heavy atom. The molecule has 2 aromatic rings. The zero-order valence-corrected chi connectivity index (χ0v) is 16.3. The summed E-state index contributed by atoms with van der Waals surface area (Å²) >= 11 is 2.05. The molecule has 3 nitrogen and oxygen atoms in total. The van der Waals surface area contributed by atoms with Crippen LogP contribution in [-0.4, -0.2) is 41.9 Å². The van der Waals surface area contributed by atoms with Crippen LogP contribution >= 0.6 is 11.8 Å². The highest BCUT2D eigenvalue weighted by Crippen LogP contribution is 2.22. The molecule has 1 aliphatic rings. The fourth-order valence-electron chi connectivity index (χ4n) is 3.35. The maximum atomic E-state index is 12.6. The van der Waals surface area contributed by atoms with E-state index in [-0.39, 0.29) is 11.8 Å². The molecule has 1 amide bonds. The van der Waals surface area contributed by atoms with E-state index in [0.29, 0.717) is 0 Å². The van der Waals surface area contributed by atoms with E-state index in [2.05, 4.69) is 29.3 Å². The first-order valence-corrected chi connectivity index (χ1v) is 10.7. The molecule has 0 aromatic heterocycles. The van der Waals surface area contributed by atoms with Gasteiger partial charge in [0.15, 0.2) is 0 Å². The van der Waals surface area contributed by atoms with Gasteiger partial charge in [-0.3, -0.25) is 4.79 Å². The fourth-order valence-corrected chi connectivity index (χ4v) is 4.33. The third-order valence-electron chi connectivity index (χ3n) is 4.97. The maximum absolute atomic E-state index is 12.6. The van der Waals surface area contributed by atoms with Crippen LogP contribution < -0.4 is 5.32 Å². The smallest absolute Gasteiger partial charge is 0.231 e. The second kappa shape index (κ2) is 9.79.